The maximum Gasteiger partial charge on any atom is 0.338 e. The fourth-order valence-electron chi connectivity index (χ4n) is 1.12. The van der Waals surface area contributed by atoms with Crippen LogP contribution in [-0.4, -0.2) is 18.5 Å². The third-order valence-corrected chi connectivity index (χ3v) is 2.02. The number of carbonyl (C=O) groups excluding carboxylic acids is 2. The van der Waals surface area contributed by atoms with Crippen LogP contribution in [0.5, 0.6) is 5.75 Å². The highest BCUT2D eigenvalue weighted by atomic mass is 16.5. The summed E-state index contributed by atoms with van der Waals surface area (Å²) in [4.78, 5) is 22.5. The highest BCUT2D eigenvalue weighted by molar-refractivity contribution is 5.89. The predicted molar refractivity (Wildman–Crippen MR) is 67.4 cm³/mol. The fourth-order valence-corrected chi connectivity index (χ4v) is 1.12. The van der Waals surface area contributed by atoms with Crippen molar-refractivity contribution in [2.45, 2.75) is 6.92 Å². The van der Waals surface area contributed by atoms with Crippen molar-refractivity contribution in [1.82, 2.24) is 0 Å². The largest absolute Gasteiger partial charge is 0.458 e. The Kier molecular flexibility index (Phi) is 5.38. The highest BCUT2D eigenvalue weighted by Gasteiger charge is 2.07. The van der Waals surface area contributed by atoms with Crippen molar-refractivity contribution in [3.05, 3.63) is 54.6 Å². The quantitative estimate of drug-likeness (QED) is 0.346. The van der Waals surface area contributed by atoms with E-state index >= 15 is 0 Å². The lowest BCUT2D eigenvalue weighted by Gasteiger charge is -2.04. The molecule has 0 saturated heterocycles. The summed E-state index contributed by atoms with van der Waals surface area (Å²) in [6, 6.07) is 6.11. The number of hydrogen-bond acceptors (Lipinski definition) is 4. The average Bonchev–Trinajstić information content (AvgIpc) is 2.39. The van der Waals surface area contributed by atoms with Gasteiger partial charge in [0.1, 0.15) is 12.4 Å². The van der Waals surface area contributed by atoms with Crippen molar-refractivity contribution in [1.29, 1.82) is 0 Å². The number of hydrogen-bond donors (Lipinski definition) is 0. The topological polar surface area (TPSA) is 52.6 Å². The molecule has 0 aliphatic carbocycles. The summed E-state index contributed by atoms with van der Waals surface area (Å²) >= 11 is 0. The van der Waals surface area contributed by atoms with E-state index in [9.17, 15) is 9.59 Å². The molecule has 1 rings (SSSR count). The normalized spacial score (nSPS) is 10.1. The van der Waals surface area contributed by atoms with Gasteiger partial charge in [0, 0.05) is 6.08 Å². The summed E-state index contributed by atoms with van der Waals surface area (Å²) in [7, 11) is 0. The Labute approximate surface area is 106 Å². The first-order valence-corrected chi connectivity index (χ1v) is 5.40. The molecular formula is C14H14O4. The molecule has 0 spiro atoms. The number of carbonyl (C=O) groups is 2. The molecule has 0 bridgehead atoms. The lowest BCUT2D eigenvalue weighted by molar-refractivity contribution is -0.128. The van der Waals surface area contributed by atoms with Crippen molar-refractivity contribution in [2.24, 2.45) is 0 Å². The van der Waals surface area contributed by atoms with Gasteiger partial charge in [0.05, 0.1) is 5.56 Å². The van der Waals surface area contributed by atoms with Crippen molar-refractivity contribution in [3.63, 3.8) is 0 Å². The van der Waals surface area contributed by atoms with E-state index in [1.807, 2.05) is 6.92 Å². The molecule has 0 aromatic heterocycles. The molecule has 1 aromatic carbocycles. The first-order valence-electron chi connectivity index (χ1n) is 5.40. The summed E-state index contributed by atoms with van der Waals surface area (Å²) in [6.07, 6.45) is 4.60. The Morgan fingerprint density at radius 1 is 1.28 bits per heavy atom. The van der Waals surface area contributed by atoms with Gasteiger partial charge in [-0.05, 0) is 31.2 Å². The van der Waals surface area contributed by atoms with E-state index < -0.39 is 11.9 Å². The van der Waals surface area contributed by atoms with Gasteiger partial charge in [-0.15, -0.1) is 0 Å². The van der Waals surface area contributed by atoms with E-state index in [4.69, 9.17) is 9.47 Å². The van der Waals surface area contributed by atoms with Gasteiger partial charge in [0.2, 0.25) is 0 Å². The first kappa shape index (κ1) is 13.7. The number of allylic oxidation sites excluding steroid dienone is 1. The van der Waals surface area contributed by atoms with Crippen LogP contribution in [0.15, 0.2) is 49.1 Å². The van der Waals surface area contributed by atoms with Crippen LogP contribution in [-0.2, 0) is 9.53 Å². The molecule has 0 fully saturated rings. The van der Waals surface area contributed by atoms with Gasteiger partial charge in [-0.1, -0.05) is 18.7 Å². The van der Waals surface area contributed by atoms with Crippen LogP contribution in [0.1, 0.15) is 17.3 Å². The van der Waals surface area contributed by atoms with Crippen LogP contribution in [0.4, 0.5) is 0 Å². The monoisotopic (exact) mass is 246 g/mol. The van der Waals surface area contributed by atoms with E-state index in [-0.39, 0.29) is 6.61 Å². The minimum absolute atomic E-state index is 0.239. The molecule has 0 aliphatic rings. The van der Waals surface area contributed by atoms with Crippen LogP contribution in [0.2, 0.25) is 0 Å². The number of ether oxygens (including phenoxy) is 2. The van der Waals surface area contributed by atoms with Crippen LogP contribution >= 0.6 is 0 Å². The Morgan fingerprint density at radius 2 is 1.94 bits per heavy atom. The molecule has 0 atom stereocenters. The Bertz CT molecular complexity index is 457. The molecule has 18 heavy (non-hydrogen) atoms. The third kappa shape index (κ3) is 4.25. The van der Waals surface area contributed by atoms with Gasteiger partial charge in [-0.25, -0.2) is 9.59 Å². The molecule has 0 N–H and O–H groups in total. The van der Waals surface area contributed by atoms with E-state index in [0.717, 1.165) is 6.08 Å². The molecule has 0 radical (unpaired) electrons. The van der Waals surface area contributed by atoms with Gasteiger partial charge in [-0.2, -0.15) is 0 Å². The molecular weight excluding hydrogens is 232 g/mol. The summed E-state index contributed by atoms with van der Waals surface area (Å²) in [5.41, 5.74) is 0.401. The van der Waals surface area contributed by atoms with Crippen molar-refractivity contribution in [3.8, 4) is 5.75 Å². The summed E-state index contributed by atoms with van der Waals surface area (Å²) in [5, 5.41) is 0. The van der Waals surface area contributed by atoms with Gasteiger partial charge in [-0.3, -0.25) is 0 Å². The summed E-state index contributed by atoms with van der Waals surface area (Å²) in [6.45, 7) is 5.37. The molecule has 1 aromatic rings. The minimum Gasteiger partial charge on any atom is -0.458 e. The SMILES string of the molecule is C=CC(=O)Oc1ccc(C(=O)OC/C=C/C)cc1. The second-order valence-corrected chi connectivity index (χ2v) is 3.32. The number of esters is 2. The van der Waals surface area contributed by atoms with Crippen LogP contribution in [0.25, 0.3) is 0 Å². The summed E-state index contributed by atoms with van der Waals surface area (Å²) < 4.78 is 9.84. The van der Waals surface area contributed by atoms with E-state index in [0.29, 0.717) is 11.3 Å². The second-order valence-electron chi connectivity index (χ2n) is 3.32. The number of benzene rings is 1. The smallest absolute Gasteiger partial charge is 0.338 e. The van der Waals surface area contributed by atoms with Gasteiger partial charge < -0.3 is 9.47 Å². The standard InChI is InChI=1S/C14H14O4/c1-3-5-10-17-14(16)11-6-8-12(9-7-11)18-13(15)4-2/h3-9H,2,10H2,1H3/b5-3+. The molecule has 0 amide bonds. The van der Waals surface area contributed by atoms with Crippen LogP contribution < -0.4 is 4.74 Å². The predicted octanol–water partition coefficient (Wildman–Crippen LogP) is 2.51. The Balaban J connectivity index is 2.61. The lowest BCUT2D eigenvalue weighted by atomic mass is 10.2. The van der Waals surface area contributed by atoms with E-state index in [1.54, 1.807) is 12.2 Å². The molecule has 0 heterocycles. The van der Waals surface area contributed by atoms with E-state index in [2.05, 4.69) is 6.58 Å². The van der Waals surface area contributed by atoms with Gasteiger partial charge in [0.15, 0.2) is 0 Å². The summed E-state index contributed by atoms with van der Waals surface area (Å²) in [5.74, 6) is -0.613. The fraction of sp³-hybridized carbons (Fsp3) is 0.143. The van der Waals surface area contributed by atoms with Crippen molar-refractivity contribution in [2.75, 3.05) is 6.61 Å². The van der Waals surface area contributed by atoms with Gasteiger partial charge in [0.25, 0.3) is 0 Å². The zero-order chi connectivity index (χ0) is 13.4. The van der Waals surface area contributed by atoms with Gasteiger partial charge >= 0.3 is 11.9 Å². The zero-order valence-corrected chi connectivity index (χ0v) is 10.1. The number of rotatable bonds is 5. The molecule has 4 heteroatoms. The van der Waals surface area contributed by atoms with Crippen molar-refractivity contribution < 1.29 is 19.1 Å². The maximum atomic E-state index is 11.5. The first-order chi connectivity index (χ1) is 8.67. The minimum atomic E-state index is -0.543. The zero-order valence-electron chi connectivity index (χ0n) is 10.1. The molecule has 0 unspecified atom stereocenters. The third-order valence-electron chi connectivity index (χ3n) is 2.02. The molecule has 94 valence electrons. The Morgan fingerprint density at radius 3 is 2.50 bits per heavy atom. The Hall–Kier alpha value is -2.36. The van der Waals surface area contributed by atoms with Crippen LogP contribution in [0.3, 0.4) is 0 Å². The molecule has 0 aliphatic heterocycles. The lowest BCUT2D eigenvalue weighted by Crippen LogP contribution is -2.06. The van der Waals surface area contributed by atoms with E-state index in [1.165, 1.54) is 24.3 Å². The molecule has 0 saturated carbocycles. The second kappa shape index (κ2) is 7.06. The van der Waals surface area contributed by atoms with Crippen molar-refractivity contribution >= 4 is 11.9 Å². The maximum absolute atomic E-state index is 11.5. The average molecular weight is 246 g/mol. The van der Waals surface area contributed by atoms with Crippen LogP contribution in [0, 0.1) is 0 Å². The molecule has 4 nitrogen and oxygen atoms in total. The highest BCUT2D eigenvalue weighted by Crippen LogP contribution is 2.13.